The van der Waals surface area contributed by atoms with Gasteiger partial charge in [-0.3, -0.25) is 14.2 Å². The zero-order valence-electron chi connectivity index (χ0n) is 17.9. The minimum absolute atomic E-state index is 0.0577. The molecule has 0 bridgehead atoms. The Labute approximate surface area is 188 Å². The summed E-state index contributed by atoms with van der Waals surface area (Å²) in [6.45, 7) is 3.71. The quantitative estimate of drug-likeness (QED) is 0.521. The second kappa shape index (κ2) is 7.91. The summed E-state index contributed by atoms with van der Waals surface area (Å²) in [6, 6.07) is 15.4. The van der Waals surface area contributed by atoms with Gasteiger partial charge in [0.15, 0.2) is 0 Å². The summed E-state index contributed by atoms with van der Waals surface area (Å²) in [4.78, 5) is 39.6. The lowest BCUT2D eigenvalue weighted by Crippen LogP contribution is -2.41. The van der Waals surface area contributed by atoms with E-state index in [0.29, 0.717) is 15.9 Å². The van der Waals surface area contributed by atoms with Crippen molar-refractivity contribution in [3.8, 4) is 5.69 Å². The number of carbonyl (C=O) groups is 1. The Morgan fingerprint density at radius 1 is 1.09 bits per heavy atom. The van der Waals surface area contributed by atoms with E-state index in [1.54, 1.807) is 11.4 Å². The topological polar surface area (TPSA) is 73.1 Å². The molecule has 0 aliphatic heterocycles. The van der Waals surface area contributed by atoms with E-state index in [9.17, 15) is 14.4 Å². The van der Waals surface area contributed by atoms with E-state index in [1.165, 1.54) is 26.0 Å². The highest BCUT2D eigenvalue weighted by atomic mass is 32.1. The summed E-state index contributed by atoms with van der Waals surface area (Å²) in [5.41, 5.74) is 4.45. The van der Waals surface area contributed by atoms with Gasteiger partial charge in [-0.2, -0.15) is 0 Å². The summed E-state index contributed by atoms with van der Waals surface area (Å²) in [7, 11) is 0. The lowest BCUT2D eigenvalue weighted by atomic mass is 10.1. The van der Waals surface area contributed by atoms with Crippen molar-refractivity contribution in [1.82, 2.24) is 14.5 Å². The van der Waals surface area contributed by atoms with Crippen LogP contribution in [-0.2, 0) is 17.8 Å². The van der Waals surface area contributed by atoms with E-state index >= 15 is 0 Å². The number of amides is 1. The van der Waals surface area contributed by atoms with Crippen molar-refractivity contribution in [1.29, 1.82) is 0 Å². The number of rotatable bonds is 4. The van der Waals surface area contributed by atoms with Crippen molar-refractivity contribution in [3.63, 3.8) is 0 Å². The van der Waals surface area contributed by atoms with Gasteiger partial charge in [0.1, 0.15) is 11.2 Å². The first-order chi connectivity index (χ1) is 15.4. The molecule has 2 heterocycles. The fourth-order valence-corrected chi connectivity index (χ4v) is 5.46. The van der Waals surface area contributed by atoms with Gasteiger partial charge < -0.3 is 5.32 Å². The number of thiophene rings is 1. The Morgan fingerprint density at radius 3 is 2.62 bits per heavy atom. The highest BCUT2D eigenvalue weighted by molar-refractivity contribution is 7.17. The molecule has 4 aromatic rings. The number of nitrogens with one attached hydrogen (secondary N) is 1. The molecule has 0 saturated carbocycles. The van der Waals surface area contributed by atoms with Gasteiger partial charge in [0.2, 0.25) is 5.91 Å². The van der Waals surface area contributed by atoms with E-state index in [0.717, 1.165) is 29.5 Å². The fraction of sp³-hybridized carbons (Fsp3) is 0.240. The first-order valence-electron chi connectivity index (χ1n) is 10.6. The van der Waals surface area contributed by atoms with Gasteiger partial charge in [-0.15, -0.1) is 11.3 Å². The van der Waals surface area contributed by atoms with E-state index in [2.05, 4.69) is 11.4 Å². The Balaban J connectivity index is 1.54. The van der Waals surface area contributed by atoms with Crippen molar-refractivity contribution in [2.45, 2.75) is 39.3 Å². The van der Waals surface area contributed by atoms with Crippen LogP contribution in [0.15, 0.2) is 63.5 Å². The van der Waals surface area contributed by atoms with Crippen molar-refractivity contribution in [2.24, 2.45) is 0 Å². The Bertz CT molecular complexity index is 1460. The fourth-order valence-electron chi connectivity index (χ4n) is 4.64. The van der Waals surface area contributed by atoms with Gasteiger partial charge >= 0.3 is 5.69 Å². The molecule has 162 valence electrons. The molecule has 0 unspecified atom stereocenters. The molecule has 5 rings (SSSR count). The van der Waals surface area contributed by atoms with Crippen LogP contribution < -0.4 is 16.6 Å². The number of aryl methyl sites for hydroxylation is 3. The van der Waals surface area contributed by atoms with Gasteiger partial charge in [0, 0.05) is 0 Å². The van der Waals surface area contributed by atoms with Crippen LogP contribution in [0.3, 0.4) is 0 Å². The summed E-state index contributed by atoms with van der Waals surface area (Å²) in [5.74, 6) is -0.244. The highest BCUT2D eigenvalue weighted by Gasteiger charge is 2.24. The summed E-state index contributed by atoms with van der Waals surface area (Å²) in [6.07, 6.45) is 1.77. The molecule has 2 aromatic heterocycles. The number of benzene rings is 2. The molecule has 0 spiro atoms. The van der Waals surface area contributed by atoms with E-state index in [1.807, 2.05) is 50.2 Å². The SMILES string of the molecule is Cc1cc(C)cc(-n2c(=O)c3sccc3n(CC(=O)N[C@H]3CCc4ccccc43)c2=O)c1. The molecule has 1 aliphatic carbocycles. The molecular weight excluding hydrogens is 422 g/mol. The lowest BCUT2D eigenvalue weighted by molar-refractivity contribution is -0.122. The standard InChI is InChI=1S/C25H23N3O3S/c1-15-11-16(2)13-18(12-15)28-24(30)23-21(9-10-32-23)27(25(28)31)14-22(29)26-20-8-7-17-5-3-4-6-19(17)20/h3-6,9-13,20H,7-8,14H2,1-2H3,(H,26,29)/t20-/m0/s1. The van der Waals surface area contributed by atoms with Gasteiger partial charge in [-0.1, -0.05) is 30.3 Å². The van der Waals surface area contributed by atoms with Crippen LogP contribution in [0.4, 0.5) is 0 Å². The van der Waals surface area contributed by atoms with Crippen LogP contribution in [0.25, 0.3) is 15.9 Å². The minimum Gasteiger partial charge on any atom is -0.348 e. The van der Waals surface area contributed by atoms with Crippen LogP contribution in [-0.4, -0.2) is 15.0 Å². The Morgan fingerprint density at radius 2 is 1.84 bits per heavy atom. The van der Waals surface area contributed by atoms with Gasteiger partial charge in [-0.25, -0.2) is 9.36 Å². The first-order valence-corrected chi connectivity index (χ1v) is 11.5. The highest BCUT2D eigenvalue weighted by Crippen LogP contribution is 2.30. The largest absolute Gasteiger partial charge is 0.348 e. The van der Waals surface area contributed by atoms with Crippen LogP contribution in [0.2, 0.25) is 0 Å². The maximum atomic E-state index is 13.4. The molecule has 0 saturated heterocycles. The maximum absolute atomic E-state index is 13.4. The molecule has 0 radical (unpaired) electrons. The number of hydrogen-bond donors (Lipinski definition) is 1. The van der Waals surface area contributed by atoms with E-state index < -0.39 is 5.69 Å². The molecule has 0 fully saturated rings. The molecule has 2 aromatic carbocycles. The summed E-state index contributed by atoms with van der Waals surface area (Å²) >= 11 is 1.28. The molecule has 1 atom stereocenters. The zero-order valence-corrected chi connectivity index (χ0v) is 18.7. The summed E-state index contributed by atoms with van der Waals surface area (Å²) < 4.78 is 3.04. The number of hydrogen-bond acceptors (Lipinski definition) is 4. The Hall–Kier alpha value is -3.45. The Kier molecular flexibility index (Phi) is 5.06. The molecule has 1 aliphatic rings. The monoisotopic (exact) mass is 445 g/mol. The average Bonchev–Trinajstić information content (AvgIpc) is 3.39. The number of fused-ring (bicyclic) bond motifs is 2. The third-order valence-corrected chi connectivity index (χ3v) is 6.88. The number of nitrogens with zero attached hydrogens (tertiary/aromatic N) is 2. The van der Waals surface area contributed by atoms with Crippen LogP contribution in [0.1, 0.15) is 34.7 Å². The van der Waals surface area contributed by atoms with Crippen molar-refractivity contribution < 1.29 is 4.79 Å². The van der Waals surface area contributed by atoms with Crippen LogP contribution in [0, 0.1) is 13.8 Å². The minimum atomic E-state index is -0.507. The maximum Gasteiger partial charge on any atom is 0.336 e. The second-order valence-corrected chi connectivity index (χ2v) is 9.26. The van der Waals surface area contributed by atoms with Gasteiger partial charge in [0.05, 0.1) is 17.2 Å². The predicted molar refractivity (Wildman–Crippen MR) is 127 cm³/mol. The second-order valence-electron chi connectivity index (χ2n) is 8.35. The third kappa shape index (κ3) is 3.48. The molecule has 6 nitrogen and oxygen atoms in total. The van der Waals surface area contributed by atoms with E-state index in [-0.39, 0.29) is 24.1 Å². The normalized spacial score (nSPS) is 15.1. The zero-order chi connectivity index (χ0) is 22.4. The first kappa shape index (κ1) is 20.5. The predicted octanol–water partition coefficient (Wildman–Crippen LogP) is 3.63. The molecular formula is C25H23N3O3S. The van der Waals surface area contributed by atoms with Crippen molar-refractivity contribution in [3.05, 3.63) is 97.0 Å². The van der Waals surface area contributed by atoms with Crippen molar-refractivity contribution in [2.75, 3.05) is 0 Å². The van der Waals surface area contributed by atoms with Crippen LogP contribution in [0.5, 0.6) is 0 Å². The van der Waals surface area contributed by atoms with Crippen molar-refractivity contribution >= 4 is 27.5 Å². The van der Waals surface area contributed by atoms with Gasteiger partial charge in [-0.05, 0) is 72.5 Å². The molecule has 1 N–H and O–H groups in total. The van der Waals surface area contributed by atoms with Gasteiger partial charge in [0.25, 0.3) is 5.56 Å². The number of carbonyl (C=O) groups excluding carboxylic acids is 1. The molecule has 7 heteroatoms. The van der Waals surface area contributed by atoms with Crippen LogP contribution >= 0.6 is 11.3 Å². The number of aromatic nitrogens is 2. The lowest BCUT2D eigenvalue weighted by Gasteiger charge is -2.16. The van der Waals surface area contributed by atoms with E-state index in [4.69, 9.17) is 0 Å². The molecule has 1 amide bonds. The third-order valence-electron chi connectivity index (χ3n) is 5.99. The summed E-state index contributed by atoms with van der Waals surface area (Å²) in [5, 5.41) is 4.85. The molecule has 32 heavy (non-hydrogen) atoms. The average molecular weight is 446 g/mol. The smallest absolute Gasteiger partial charge is 0.336 e.